The molecule has 0 fully saturated rings. The summed E-state index contributed by atoms with van der Waals surface area (Å²) in [7, 11) is 0. The van der Waals surface area contributed by atoms with Gasteiger partial charge in [-0.15, -0.1) is 6.42 Å². The van der Waals surface area contributed by atoms with Gasteiger partial charge in [0.05, 0.1) is 0 Å². The summed E-state index contributed by atoms with van der Waals surface area (Å²) in [6.07, 6.45) is 5.26. The molecule has 0 saturated carbocycles. The summed E-state index contributed by atoms with van der Waals surface area (Å²) in [6.45, 7) is 11.2. The molecule has 1 rings (SSSR count). The first-order chi connectivity index (χ1) is 9.95. The Morgan fingerprint density at radius 3 is 2.48 bits per heavy atom. The first-order valence-electron chi connectivity index (χ1n) is 7.51. The molecular formula is C18H26BrNO. The molecule has 0 heterocycles. The lowest BCUT2D eigenvalue weighted by Crippen LogP contribution is -2.29. The molecule has 0 bridgehead atoms. The standard InChI is InChI=1S/C18H26BrNO/c1-6-9-21-18-8-7-16(19)10-15(18)11-20-12-17(13(2)3)14(4)5/h1,7-8,10,13-14,17,20H,9,11-12H2,2-5H3. The van der Waals surface area contributed by atoms with Crippen LogP contribution < -0.4 is 10.1 Å². The molecule has 0 aromatic heterocycles. The Morgan fingerprint density at radius 1 is 1.24 bits per heavy atom. The summed E-state index contributed by atoms with van der Waals surface area (Å²) in [6, 6.07) is 6.01. The van der Waals surface area contributed by atoms with E-state index in [9.17, 15) is 0 Å². The summed E-state index contributed by atoms with van der Waals surface area (Å²) < 4.78 is 6.65. The minimum Gasteiger partial charge on any atom is -0.481 e. The topological polar surface area (TPSA) is 21.3 Å². The number of terminal acetylenes is 1. The van der Waals surface area contributed by atoms with Crippen LogP contribution in [0.1, 0.15) is 33.3 Å². The second kappa shape index (κ2) is 9.12. The average molecular weight is 352 g/mol. The molecular weight excluding hydrogens is 326 g/mol. The van der Waals surface area contributed by atoms with Gasteiger partial charge < -0.3 is 10.1 Å². The molecule has 0 aliphatic rings. The Kier molecular flexibility index (Phi) is 7.85. The number of nitrogens with one attached hydrogen (secondary N) is 1. The Balaban J connectivity index is 2.65. The number of ether oxygens (including phenoxy) is 1. The second-order valence-corrected chi connectivity index (χ2v) is 6.94. The van der Waals surface area contributed by atoms with Gasteiger partial charge in [-0.2, -0.15) is 0 Å². The number of benzene rings is 1. The zero-order valence-electron chi connectivity index (χ0n) is 13.4. The van der Waals surface area contributed by atoms with E-state index >= 15 is 0 Å². The third kappa shape index (κ3) is 6.11. The van der Waals surface area contributed by atoms with Gasteiger partial charge in [-0.25, -0.2) is 0 Å². The monoisotopic (exact) mass is 351 g/mol. The number of halogens is 1. The predicted octanol–water partition coefficient (Wildman–Crippen LogP) is 4.48. The Hall–Kier alpha value is -0.980. The van der Waals surface area contributed by atoms with Crippen LogP contribution in [0.25, 0.3) is 0 Å². The molecule has 2 nitrogen and oxygen atoms in total. The molecule has 0 unspecified atom stereocenters. The van der Waals surface area contributed by atoms with Gasteiger partial charge in [0.2, 0.25) is 0 Å². The summed E-state index contributed by atoms with van der Waals surface area (Å²) >= 11 is 3.51. The molecule has 1 aromatic carbocycles. The largest absolute Gasteiger partial charge is 0.481 e. The van der Waals surface area contributed by atoms with E-state index < -0.39 is 0 Å². The summed E-state index contributed by atoms with van der Waals surface area (Å²) in [5.41, 5.74) is 1.13. The van der Waals surface area contributed by atoms with E-state index in [0.29, 0.717) is 24.4 Å². The van der Waals surface area contributed by atoms with Gasteiger partial charge in [0.25, 0.3) is 0 Å². The van der Waals surface area contributed by atoms with Gasteiger partial charge in [0.1, 0.15) is 12.4 Å². The molecule has 0 atom stereocenters. The highest BCUT2D eigenvalue weighted by Gasteiger charge is 2.17. The van der Waals surface area contributed by atoms with Crippen molar-refractivity contribution in [2.24, 2.45) is 17.8 Å². The SMILES string of the molecule is C#CCOc1ccc(Br)cc1CNCC(C(C)C)C(C)C. The van der Waals surface area contributed by atoms with E-state index in [4.69, 9.17) is 11.2 Å². The van der Waals surface area contributed by atoms with Crippen LogP contribution in [0.5, 0.6) is 5.75 Å². The van der Waals surface area contributed by atoms with E-state index in [0.717, 1.165) is 28.9 Å². The highest BCUT2D eigenvalue weighted by atomic mass is 79.9. The lowest BCUT2D eigenvalue weighted by Gasteiger charge is -2.25. The predicted molar refractivity (Wildman–Crippen MR) is 93.3 cm³/mol. The van der Waals surface area contributed by atoms with Gasteiger partial charge in [0, 0.05) is 16.6 Å². The van der Waals surface area contributed by atoms with Crippen LogP contribution in [0.2, 0.25) is 0 Å². The Bertz CT molecular complexity index is 469. The van der Waals surface area contributed by atoms with Crippen LogP contribution in [0.3, 0.4) is 0 Å². The second-order valence-electron chi connectivity index (χ2n) is 6.03. The summed E-state index contributed by atoms with van der Waals surface area (Å²) in [4.78, 5) is 0. The fourth-order valence-electron chi connectivity index (χ4n) is 2.56. The van der Waals surface area contributed by atoms with E-state index in [1.807, 2.05) is 12.1 Å². The average Bonchev–Trinajstić information content (AvgIpc) is 2.41. The van der Waals surface area contributed by atoms with Crippen molar-refractivity contribution in [3.63, 3.8) is 0 Å². The zero-order valence-corrected chi connectivity index (χ0v) is 15.0. The van der Waals surface area contributed by atoms with Crippen molar-refractivity contribution < 1.29 is 4.74 Å². The summed E-state index contributed by atoms with van der Waals surface area (Å²) in [5.74, 6) is 5.39. The number of rotatable bonds is 8. The fraction of sp³-hybridized carbons (Fsp3) is 0.556. The van der Waals surface area contributed by atoms with Crippen molar-refractivity contribution in [1.29, 1.82) is 0 Å². The zero-order chi connectivity index (χ0) is 15.8. The molecule has 3 heteroatoms. The lowest BCUT2D eigenvalue weighted by atomic mass is 9.85. The number of hydrogen-bond donors (Lipinski definition) is 1. The van der Waals surface area contributed by atoms with Crippen LogP contribution in [0.15, 0.2) is 22.7 Å². The maximum Gasteiger partial charge on any atom is 0.148 e. The van der Waals surface area contributed by atoms with E-state index in [1.165, 1.54) is 0 Å². The highest BCUT2D eigenvalue weighted by Crippen LogP contribution is 2.24. The number of hydrogen-bond acceptors (Lipinski definition) is 2. The van der Waals surface area contributed by atoms with E-state index in [1.54, 1.807) is 0 Å². The smallest absolute Gasteiger partial charge is 0.148 e. The van der Waals surface area contributed by atoms with Crippen molar-refractivity contribution in [2.45, 2.75) is 34.2 Å². The van der Waals surface area contributed by atoms with Crippen molar-refractivity contribution in [3.05, 3.63) is 28.2 Å². The molecule has 0 radical (unpaired) electrons. The lowest BCUT2D eigenvalue weighted by molar-refractivity contribution is 0.274. The van der Waals surface area contributed by atoms with Crippen molar-refractivity contribution >= 4 is 15.9 Å². The molecule has 0 amide bonds. The molecule has 116 valence electrons. The first kappa shape index (κ1) is 18.1. The van der Waals surface area contributed by atoms with Crippen molar-refractivity contribution in [1.82, 2.24) is 5.32 Å². The molecule has 0 aliphatic heterocycles. The van der Waals surface area contributed by atoms with Gasteiger partial charge in [-0.1, -0.05) is 49.5 Å². The van der Waals surface area contributed by atoms with Crippen LogP contribution in [-0.4, -0.2) is 13.2 Å². The van der Waals surface area contributed by atoms with Gasteiger partial charge in [-0.05, 0) is 42.5 Å². The van der Waals surface area contributed by atoms with Crippen molar-refractivity contribution in [2.75, 3.05) is 13.2 Å². The quantitative estimate of drug-likeness (QED) is 0.697. The van der Waals surface area contributed by atoms with Crippen LogP contribution in [-0.2, 0) is 6.54 Å². The molecule has 21 heavy (non-hydrogen) atoms. The minimum absolute atomic E-state index is 0.301. The fourth-order valence-corrected chi connectivity index (χ4v) is 2.97. The van der Waals surface area contributed by atoms with E-state index in [2.05, 4.69) is 60.9 Å². The Labute approximate surface area is 137 Å². The van der Waals surface area contributed by atoms with Crippen LogP contribution in [0.4, 0.5) is 0 Å². The van der Waals surface area contributed by atoms with Crippen LogP contribution >= 0.6 is 15.9 Å². The van der Waals surface area contributed by atoms with Gasteiger partial charge in [-0.3, -0.25) is 0 Å². The maximum absolute atomic E-state index is 5.60. The molecule has 0 spiro atoms. The third-order valence-corrected chi connectivity index (χ3v) is 4.23. The Morgan fingerprint density at radius 2 is 1.90 bits per heavy atom. The van der Waals surface area contributed by atoms with Gasteiger partial charge in [0.15, 0.2) is 0 Å². The van der Waals surface area contributed by atoms with Crippen LogP contribution in [0, 0.1) is 30.1 Å². The van der Waals surface area contributed by atoms with E-state index in [-0.39, 0.29) is 0 Å². The minimum atomic E-state index is 0.301. The third-order valence-electron chi connectivity index (χ3n) is 3.74. The molecule has 1 N–H and O–H groups in total. The first-order valence-corrected chi connectivity index (χ1v) is 8.30. The highest BCUT2D eigenvalue weighted by molar-refractivity contribution is 9.10. The summed E-state index contributed by atoms with van der Waals surface area (Å²) in [5, 5.41) is 3.56. The molecule has 0 saturated heterocycles. The normalized spacial score (nSPS) is 11.2. The van der Waals surface area contributed by atoms with Crippen molar-refractivity contribution in [3.8, 4) is 18.1 Å². The van der Waals surface area contributed by atoms with Gasteiger partial charge >= 0.3 is 0 Å². The molecule has 1 aromatic rings. The molecule has 0 aliphatic carbocycles. The maximum atomic E-state index is 5.60.